The van der Waals surface area contributed by atoms with Gasteiger partial charge in [-0.2, -0.15) is 0 Å². The molecule has 0 N–H and O–H groups in total. The van der Waals surface area contributed by atoms with Gasteiger partial charge in [0.15, 0.2) is 11.4 Å². The van der Waals surface area contributed by atoms with Crippen LogP contribution >= 0.6 is 22.9 Å². The first-order valence-corrected chi connectivity index (χ1v) is 10.6. The Morgan fingerprint density at radius 1 is 1.24 bits per heavy atom. The number of hydrogen-bond donors (Lipinski definition) is 0. The molecular formula is C22H22ClNO4S. The second-order valence-electron chi connectivity index (χ2n) is 6.38. The predicted octanol–water partition coefficient (Wildman–Crippen LogP) is 5.12. The third kappa shape index (κ3) is 5.56. The van der Waals surface area contributed by atoms with E-state index in [1.807, 2.05) is 12.1 Å². The molecule has 29 heavy (non-hydrogen) atoms. The summed E-state index contributed by atoms with van der Waals surface area (Å²) in [6.07, 6.45) is 3.16. The highest BCUT2D eigenvalue weighted by molar-refractivity contribution is 7.16. The molecule has 2 aromatic carbocycles. The fraction of sp³-hybridized carbons (Fsp3) is 0.273. The summed E-state index contributed by atoms with van der Waals surface area (Å²) in [4.78, 5) is 26.3. The summed E-state index contributed by atoms with van der Waals surface area (Å²) in [6.45, 7) is 7.23. The van der Waals surface area contributed by atoms with Crippen LogP contribution in [0.25, 0.3) is 16.4 Å². The molecule has 0 saturated carbocycles. The number of carbonyl (C=O) groups is 1. The molecule has 1 aromatic heterocycles. The van der Waals surface area contributed by atoms with E-state index in [4.69, 9.17) is 20.8 Å². The molecule has 0 aliphatic rings. The Hall–Kier alpha value is -2.41. The average Bonchev–Trinajstić information content (AvgIpc) is 3.07. The molecule has 0 aliphatic heterocycles. The average molecular weight is 432 g/mol. The molecule has 152 valence electrons. The number of benzene rings is 2. The van der Waals surface area contributed by atoms with Crippen LogP contribution in [0.15, 0.2) is 51.7 Å². The lowest BCUT2D eigenvalue weighted by molar-refractivity contribution is 0.104. The number of fused-ring (bicyclic) bond motifs is 1. The summed E-state index contributed by atoms with van der Waals surface area (Å²) >= 11 is 6.98. The van der Waals surface area contributed by atoms with Crippen molar-refractivity contribution in [1.82, 2.24) is 4.90 Å². The Kier molecular flexibility index (Phi) is 7.25. The first-order chi connectivity index (χ1) is 14.0. The summed E-state index contributed by atoms with van der Waals surface area (Å²) in [6, 6.07) is 10.5. The van der Waals surface area contributed by atoms with Crippen LogP contribution in [0.2, 0.25) is 5.02 Å². The van der Waals surface area contributed by atoms with Crippen molar-refractivity contribution in [2.75, 3.05) is 26.2 Å². The van der Waals surface area contributed by atoms with E-state index in [1.54, 1.807) is 30.3 Å². The first-order valence-electron chi connectivity index (χ1n) is 9.41. The smallest absolute Gasteiger partial charge is 0.396 e. The lowest BCUT2D eigenvalue weighted by atomic mass is 10.1. The quantitative estimate of drug-likeness (QED) is 0.347. The standard InChI is InChI=1S/C22H22ClNO4S/c1-3-24(4-2)10-11-27-19-14-21-20(28-22(26)29-21)13-17(19)18(25)9-8-15-6-5-7-16(23)12-15/h5-9,12-14H,3-4,10-11H2,1-2H3/b9-8+. The van der Waals surface area contributed by atoms with Gasteiger partial charge in [0.25, 0.3) is 0 Å². The van der Waals surface area contributed by atoms with Gasteiger partial charge < -0.3 is 14.1 Å². The largest absolute Gasteiger partial charge is 0.491 e. The van der Waals surface area contributed by atoms with Crippen LogP contribution in [0.3, 0.4) is 0 Å². The topological polar surface area (TPSA) is 59.8 Å². The molecular weight excluding hydrogens is 410 g/mol. The highest BCUT2D eigenvalue weighted by atomic mass is 35.5. The minimum absolute atomic E-state index is 0.237. The van der Waals surface area contributed by atoms with E-state index < -0.39 is 4.94 Å². The Labute approximate surface area is 178 Å². The molecule has 1 heterocycles. The van der Waals surface area contributed by atoms with E-state index in [9.17, 15) is 9.59 Å². The Bertz CT molecular complexity index is 1080. The maximum Gasteiger partial charge on any atom is 0.396 e. The van der Waals surface area contributed by atoms with E-state index in [1.165, 1.54) is 6.08 Å². The van der Waals surface area contributed by atoms with Gasteiger partial charge in [-0.25, -0.2) is 4.79 Å². The van der Waals surface area contributed by atoms with Crippen molar-refractivity contribution in [3.63, 3.8) is 0 Å². The predicted molar refractivity (Wildman–Crippen MR) is 118 cm³/mol. The summed E-state index contributed by atoms with van der Waals surface area (Å²) < 4.78 is 11.8. The van der Waals surface area contributed by atoms with Gasteiger partial charge in [-0.3, -0.25) is 4.79 Å². The number of halogens is 1. The van der Waals surface area contributed by atoms with Gasteiger partial charge in [-0.1, -0.05) is 55.0 Å². The molecule has 7 heteroatoms. The number of ketones is 1. The van der Waals surface area contributed by atoms with Gasteiger partial charge in [0.1, 0.15) is 12.4 Å². The highest BCUT2D eigenvalue weighted by Crippen LogP contribution is 2.29. The van der Waals surface area contributed by atoms with E-state index in [2.05, 4.69) is 18.7 Å². The molecule has 5 nitrogen and oxygen atoms in total. The van der Waals surface area contributed by atoms with Crippen molar-refractivity contribution in [1.29, 1.82) is 0 Å². The molecule has 0 aliphatic carbocycles. The second kappa shape index (κ2) is 9.87. The minimum atomic E-state index is -0.409. The molecule has 0 atom stereocenters. The lowest BCUT2D eigenvalue weighted by Gasteiger charge is -2.18. The van der Waals surface area contributed by atoms with Crippen molar-refractivity contribution >= 4 is 45.1 Å². The zero-order valence-corrected chi connectivity index (χ0v) is 17.9. The van der Waals surface area contributed by atoms with Crippen LogP contribution in [0.4, 0.5) is 0 Å². The van der Waals surface area contributed by atoms with E-state index in [0.29, 0.717) is 33.2 Å². The monoisotopic (exact) mass is 431 g/mol. The van der Waals surface area contributed by atoms with Gasteiger partial charge in [0, 0.05) is 17.6 Å². The number of rotatable bonds is 9. The van der Waals surface area contributed by atoms with Crippen molar-refractivity contribution in [3.8, 4) is 5.75 Å². The molecule has 3 rings (SSSR count). The molecule has 0 unspecified atom stereocenters. The van der Waals surface area contributed by atoms with Gasteiger partial charge in [0.05, 0.1) is 10.3 Å². The summed E-state index contributed by atoms with van der Waals surface area (Å²) in [5, 5.41) is 0.599. The molecule has 0 amide bonds. The van der Waals surface area contributed by atoms with E-state index >= 15 is 0 Å². The van der Waals surface area contributed by atoms with Crippen LogP contribution < -0.4 is 9.68 Å². The minimum Gasteiger partial charge on any atom is -0.491 e. The fourth-order valence-corrected chi connectivity index (χ4v) is 3.79. The normalized spacial score (nSPS) is 11.6. The third-order valence-corrected chi connectivity index (χ3v) is 5.56. The Balaban J connectivity index is 1.87. The molecule has 0 bridgehead atoms. The molecule has 0 radical (unpaired) electrons. The number of allylic oxidation sites excluding steroid dienone is 1. The first kappa shape index (κ1) is 21.3. The zero-order chi connectivity index (χ0) is 20.8. The number of likely N-dealkylation sites (N-methyl/N-ethyl adjacent to an activating group) is 1. The van der Waals surface area contributed by atoms with Gasteiger partial charge in [-0.15, -0.1) is 0 Å². The number of hydrogen-bond acceptors (Lipinski definition) is 6. The van der Waals surface area contributed by atoms with Crippen molar-refractivity contribution < 1.29 is 13.9 Å². The van der Waals surface area contributed by atoms with E-state index in [0.717, 1.165) is 36.5 Å². The summed E-state index contributed by atoms with van der Waals surface area (Å²) in [5.74, 6) is 0.209. The van der Waals surface area contributed by atoms with Gasteiger partial charge >= 0.3 is 4.94 Å². The van der Waals surface area contributed by atoms with Crippen LogP contribution in [0.1, 0.15) is 29.8 Å². The van der Waals surface area contributed by atoms with Gasteiger partial charge in [-0.05, 0) is 42.9 Å². The Morgan fingerprint density at radius 3 is 2.76 bits per heavy atom. The molecule has 0 fully saturated rings. The molecule has 0 saturated heterocycles. The number of ether oxygens (including phenoxy) is 1. The molecule has 3 aromatic rings. The van der Waals surface area contributed by atoms with Crippen LogP contribution in [-0.4, -0.2) is 36.9 Å². The Morgan fingerprint density at radius 2 is 2.03 bits per heavy atom. The van der Waals surface area contributed by atoms with Crippen molar-refractivity contribution in [2.24, 2.45) is 0 Å². The molecule has 0 spiro atoms. The maximum absolute atomic E-state index is 12.9. The van der Waals surface area contributed by atoms with E-state index in [-0.39, 0.29) is 5.78 Å². The van der Waals surface area contributed by atoms with Crippen molar-refractivity contribution in [3.05, 3.63) is 68.4 Å². The van der Waals surface area contributed by atoms with Crippen LogP contribution in [-0.2, 0) is 0 Å². The van der Waals surface area contributed by atoms with Gasteiger partial charge in [0.2, 0.25) is 0 Å². The highest BCUT2D eigenvalue weighted by Gasteiger charge is 2.15. The van der Waals surface area contributed by atoms with Crippen LogP contribution in [0, 0.1) is 0 Å². The fourth-order valence-electron chi connectivity index (χ4n) is 2.91. The number of carbonyl (C=O) groups excluding carboxylic acids is 1. The second-order valence-corrected chi connectivity index (χ2v) is 7.79. The zero-order valence-electron chi connectivity index (χ0n) is 16.3. The SMILES string of the molecule is CCN(CC)CCOc1cc2sc(=O)oc2cc1C(=O)/C=C/c1cccc(Cl)c1. The van der Waals surface area contributed by atoms with Crippen LogP contribution in [0.5, 0.6) is 5.75 Å². The maximum atomic E-state index is 12.9. The summed E-state index contributed by atoms with van der Waals surface area (Å²) in [7, 11) is 0. The lowest BCUT2D eigenvalue weighted by Crippen LogP contribution is -2.28. The number of nitrogens with zero attached hydrogens (tertiary/aromatic N) is 1. The summed E-state index contributed by atoms with van der Waals surface area (Å²) in [5.41, 5.74) is 1.56. The third-order valence-electron chi connectivity index (χ3n) is 4.53. The van der Waals surface area contributed by atoms with Crippen molar-refractivity contribution in [2.45, 2.75) is 13.8 Å².